The fourth-order valence-corrected chi connectivity index (χ4v) is 3.75. The Hall–Kier alpha value is -1.18. The van der Waals surface area contributed by atoms with Gasteiger partial charge in [-0.05, 0) is 24.6 Å². The molecular weight excluding hydrogens is 259 g/mol. The van der Waals surface area contributed by atoms with E-state index >= 15 is 0 Å². The summed E-state index contributed by atoms with van der Waals surface area (Å²) in [6.45, 7) is 2.07. The molecule has 7 heteroatoms. The van der Waals surface area contributed by atoms with Crippen LogP contribution in [0.2, 0.25) is 0 Å². The maximum absolute atomic E-state index is 13.2. The zero-order valence-corrected chi connectivity index (χ0v) is 10.7. The van der Waals surface area contributed by atoms with Crippen molar-refractivity contribution in [3.05, 3.63) is 23.5 Å². The van der Waals surface area contributed by atoms with E-state index in [-0.39, 0.29) is 36.2 Å². The minimum absolute atomic E-state index is 0.0159. The van der Waals surface area contributed by atoms with Crippen molar-refractivity contribution in [2.45, 2.75) is 11.8 Å². The SMILES string of the molecule is Cc1cc(F)c(N)cc1S(=O)(=O)N1CC(CO)C1. The predicted molar refractivity (Wildman–Crippen MR) is 64.9 cm³/mol. The molecule has 5 nitrogen and oxygen atoms in total. The second-order valence-corrected chi connectivity index (χ2v) is 6.42. The number of aryl methyl sites for hydroxylation is 1. The number of benzene rings is 1. The van der Waals surface area contributed by atoms with Crippen molar-refractivity contribution < 1.29 is 17.9 Å². The second kappa shape index (κ2) is 4.49. The molecular formula is C11H15FN2O3S. The zero-order valence-electron chi connectivity index (χ0n) is 9.93. The summed E-state index contributed by atoms with van der Waals surface area (Å²) in [7, 11) is -3.64. The van der Waals surface area contributed by atoms with Crippen LogP contribution in [0.25, 0.3) is 0 Å². The molecule has 0 saturated carbocycles. The van der Waals surface area contributed by atoms with Gasteiger partial charge in [-0.1, -0.05) is 0 Å². The van der Waals surface area contributed by atoms with Crippen LogP contribution >= 0.6 is 0 Å². The highest BCUT2D eigenvalue weighted by Gasteiger charge is 2.37. The molecule has 0 atom stereocenters. The van der Waals surface area contributed by atoms with Crippen molar-refractivity contribution in [1.82, 2.24) is 4.31 Å². The number of sulfonamides is 1. The standard InChI is InChI=1S/C11H15FN2O3S/c1-7-2-9(12)10(13)3-11(7)18(16,17)14-4-8(5-14)6-15/h2-3,8,15H,4-6,13H2,1H3. The van der Waals surface area contributed by atoms with Crippen molar-refractivity contribution in [1.29, 1.82) is 0 Å². The monoisotopic (exact) mass is 274 g/mol. The van der Waals surface area contributed by atoms with Crippen LogP contribution < -0.4 is 5.73 Å². The average Bonchev–Trinajstić information content (AvgIpc) is 2.21. The maximum Gasteiger partial charge on any atom is 0.243 e. The molecule has 0 bridgehead atoms. The number of rotatable bonds is 3. The number of aliphatic hydroxyl groups is 1. The lowest BCUT2D eigenvalue weighted by Gasteiger charge is -2.37. The minimum atomic E-state index is -3.64. The molecule has 1 aromatic carbocycles. The van der Waals surface area contributed by atoms with E-state index in [4.69, 9.17) is 10.8 Å². The lowest BCUT2D eigenvalue weighted by atomic mass is 10.1. The summed E-state index contributed by atoms with van der Waals surface area (Å²) >= 11 is 0. The first kappa shape index (κ1) is 13.3. The fraction of sp³-hybridized carbons (Fsp3) is 0.455. The summed E-state index contributed by atoms with van der Waals surface area (Å²) in [5.74, 6) is -0.638. The van der Waals surface area contributed by atoms with Crippen molar-refractivity contribution in [2.75, 3.05) is 25.4 Å². The normalized spacial score (nSPS) is 17.7. The highest BCUT2D eigenvalue weighted by atomic mass is 32.2. The minimum Gasteiger partial charge on any atom is -0.396 e. The first-order chi connectivity index (χ1) is 8.36. The Kier molecular flexibility index (Phi) is 3.31. The third kappa shape index (κ3) is 2.09. The Morgan fingerprint density at radius 3 is 2.67 bits per heavy atom. The van der Waals surface area contributed by atoms with Crippen LogP contribution in [-0.4, -0.2) is 37.5 Å². The van der Waals surface area contributed by atoms with Gasteiger partial charge in [-0.25, -0.2) is 12.8 Å². The van der Waals surface area contributed by atoms with Gasteiger partial charge in [0.15, 0.2) is 0 Å². The highest BCUT2D eigenvalue weighted by Crippen LogP contribution is 2.29. The van der Waals surface area contributed by atoms with Gasteiger partial charge in [-0.2, -0.15) is 4.31 Å². The number of nitrogens with zero attached hydrogens (tertiary/aromatic N) is 1. The topological polar surface area (TPSA) is 83.6 Å². The number of anilines is 1. The molecule has 1 aromatic rings. The summed E-state index contributed by atoms with van der Waals surface area (Å²) < 4.78 is 38.9. The van der Waals surface area contributed by atoms with Crippen LogP contribution in [0.4, 0.5) is 10.1 Å². The van der Waals surface area contributed by atoms with Gasteiger partial charge in [-0.3, -0.25) is 0 Å². The molecule has 1 heterocycles. The molecule has 1 fully saturated rings. The number of hydrogen-bond acceptors (Lipinski definition) is 4. The average molecular weight is 274 g/mol. The number of halogens is 1. The van der Waals surface area contributed by atoms with Crippen LogP contribution in [0, 0.1) is 18.7 Å². The summed E-state index contributed by atoms with van der Waals surface area (Å²) in [5, 5.41) is 8.88. The molecule has 2 rings (SSSR count). The van der Waals surface area contributed by atoms with E-state index in [0.717, 1.165) is 12.1 Å². The van der Waals surface area contributed by atoms with E-state index in [0.29, 0.717) is 5.56 Å². The van der Waals surface area contributed by atoms with E-state index in [1.807, 2.05) is 0 Å². The Morgan fingerprint density at radius 2 is 2.11 bits per heavy atom. The molecule has 3 N–H and O–H groups in total. The summed E-state index contributed by atoms with van der Waals surface area (Å²) in [6.07, 6.45) is 0. The van der Waals surface area contributed by atoms with Crippen LogP contribution in [0.5, 0.6) is 0 Å². The number of nitrogen functional groups attached to an aromatic ring is 1. The first-order valence-corrected chi connectivity index (χ1v) is 6.97. The lowest BCUT2D eigenvalue weighted by molar-refractivity contribution is 0.117. The number of hydrogen-bond donors (Lipinski definition) is 2. The van der Waals surface area contributed by atoms with E-state index in [9.17, 15) is 12.8 Å². The van der Waals surface area contributed by atoms with E-state index in [2.05, 4.69) is 0 Å². The molecule has 0 amide bonds. The van der Waals surface area contributed by atoms with Gasteiger partial charge < -0.3 is 10.8 Å². The molecule has 0 spiro atoms. The molecule has 0 aromatic heterocycles. The first-order valence-electron chi connectivity index (χ1n) is 5.53. The molecule has 1 aliphatic rings. The van der Waals surface area contributed by atoms with Gasteiger partial charge in [-0.15, -0.1) is 0 Å². The molecule has 0 aliphatic carbocycles. The second-order valence-electron chi connectivity index (χ2n) is 4.51. The lowest BCUT2D eigenvalue weighted by Crippen LogP contribution is -2.51. The van der Waals surface area contributed by atoms with Crippen LogP contribution in [0.3, 0.4) is 0 Å². The maximum atomic E-state index is 13.2. The van der Waals surface area contributed by atoms with Crippen molar-refractivity contribution in [3.8, 4) is 0 Å². The van der Waals surface area contributed by atoms with Crippen molar-refractivity contribution >= 4 is 15.7 Å². The van der Waals surface area contributed by atoms with Gasteiger partial charge in [0.1, 0.15) is 5.82 Å². The van der Waals surface area contributed by atoms with Crippen LogP contribution in [0.1, 0.15) is 5.56 Å². The fourth-order valence-electron chi connectivity index (χ4n) is 1.92. The van der Waals surface area contributed by atoms with E-state index in [1.54, 1.807) is 0 Å². The molecule has 1 saturated heterocycles. The zero-order chi connectivity index (χ0) is 13.5. The number of nitrogens with two attached hydrogens (primary N) is 1. The van der Waals surface area contributed by atoms with Crippen molar-refractivity contribution in [3.63, 3.8) is 0 Å². The molecule has 0 radical (unpaired) electrons. The third-order valence-corrected chi connectivity index (χ3v) is 5.07. The Morgan fingerprint density at radius 1 is 1.50 bits per heavy atom. The van der Waals surface area contributed by atoms with Gasteiger partial charge in [0, 0.05) is 25.6 Å². The molecule has 1 aliphatic heterocycles. The van der Waals surface area contributed by atoms with E-state index < -0.39 is 15.8 Å². The molecule has 100 valence electrons. The summed E-state index contributed by atoms with van der Waals surface area (Å²) in [4.78, 5) is 0.0257. The van der Waals surface area contributed by atoms with E-state index in [1.165, 1.54) is 11.2 Å². The Balaban J connectivity index is 2.34. The van der Waals surface area contributed by atoms with Crippen molar-refractivity contribution in [2.24, 2.45) is 5.92 Å². The third-order valence-electron chi connectivity index (χ3n) is 3.09. The van der Waals surface area contributed by atoms with Gasteiger partial charge in [0.05, 0.1) is 10.6 Å². The quantitative estimate of drug-likeness (QED) is 0.778. The molecule has 0 unspecified atom stereocenters. The van der Waals surface area contributed by atoms with Crippen LogP contribution in [0.15, 0.2) is 17.0 Å². The summed E-state index contributed by atoms with van der Waals surface area (Å²) in [6, 6.07) is 2.26. The Labute approximate surface area is 105 Å². The van der Waals surface area contributed by atoms with Gasteiger partial charge >= 0.3 is 0 Å². The predicted octanol–water partition coefficient (Wildman–Crippen LogP) is 0.329. The smallest absolute Gasteiger partial charge is 0.243 e. The van der Waals surface area contributed by atoms with Gasteiger partial charge in [0.2, 0.25) is 10.0 Å². The van der Waals surface area contributed by atoms with Crippen LogP contribution in [-0.2, 0) is 10.0 Å². The Bertz CT molecular complexity index is 568. The largest absolute Gasteiger partial charge is 0.396 e. The van der Waals surface area contributed by atoms with Gasteiger partial charge in [0.25, 0.3) is 0 Å². The molecule has 18 heavy (non-hydrogen) atoms. The summed E-state index contributed by atoms with van der Waals surface area (Å²) in [5.41, 5.74) is 5.55. The number of aliphatic hydroxyl groups excluding tert-OH is 1. The highest BCUT2D eigenvalue weighted by molar-refractivity contribution is 7.89.